The number of anilines is 2. The molecule has 3 rings (SSSR count). The number of carbonyl (C=O) groups excluding carboxylic acids is 1. The SMILES string of the molecule is O=C(O)c1cccc(NC(=O)c2cccc(S(=O)(=O)Nc3ccccc3)c2)c1. The van der Waals surface area contributed by atoms with Crippen LogP contribution in [0.1, 0.15) is 20.7 Å². The molecule has 0 aliphatic carbocycles. The number of aromatic carboxylic acids is 1. The fourth-order valence-electron chi connectivity index (χ4n) is 2.46. The number of para-hydroxylation sites is 1. The molecule has 0 radical (unpaired) electrons. The summed E-state index contributed by atoms with van der Waals surface area (Å²) in [5, 5.41) is 11.6. The predicted molar refractivity (Wildman–Crippen MR) is 105 cm³/mol. The molecule has 0 aromatic heterocycles. The first-order chi connectivity index (χ1) is 13.3. The number of carboxylic acids is 1. The molecule has 1 amide bonds. The van der Waals surface area contributed by atoms with Crippen molar-refractivity contribution in [2.45, 2.75) is 4.90 Å². The Bertz CT molecular complexity index is 1130. The number of carbonyl (C=O) groups is 2. The molecule has 0 bridgehead atoms. The van der Waals surface area contributed by atoms with Crippen LogP contribution in [0.4, 0.5) is 11.4 Å². The second-order valence-electron chi connectivity index (χ2n) is 5.84. The van der Waals surface area contributed by atoms with Crippen LogP contribution in [0, 0.1) is 0 Å². The first-order valence-corrected chi connectivity index (χ1v) is 9.66. The van der Waals surface area contributed by atoms with E-state index in [0.29, 0.717) is 11.4 Å². The summed E-state index contributed by atoms with van der Waals surface area (Å²) >= 11 is 0. The van der Waals surface area contributed by atoms with Crippen LogP contribution in [0.15, 0.2) is 83.8 Å². The maximum atomic E-state index is 12.5. The highest BCUT2D eigenvalue weighted by atomic mass is 32.2. The fourth-order valence-corrected chi connectivity index (χ4v) is 3.56. The van der Waals surface area contributed by atoms with Gasteiger partial charge in [-0.25, -0.2) is 13.2 Å². The minimum Gasteiger partial charge on any atom is -0.478 e. The molecule has 0 aliphatic heterocycles. The largest absolute Gasteiger partial charge is 0.478 e. The third-order valence-corrected chi connectivity index (χ3v) is 5.18. The van der Waals surface area contributed by atoms with E-state index >= 15 is 0 Å². The van der Waals surface area contributed by atoms with Gasteiger partial charge in [-0.2, -0.15) is 0 Å². The lowest BCUT2D eigenvalue weighted by molar-refractivity contribution is 0.0696. The van der Waals surface area contributed by atoms with Crippen molar-refractivity contribution in [2.75, 3.05) is 10.0 Å². The molecule has 0 heterocycles. The van der Waals surface area contributed by atoms with Crippen molar-refractivity contribution < 1.29 is 23.1 Å². The van der Waals surface area contributed by atoms with Gasteiger partial charge in [0.2, 0.25) is 0 Å². The normalized spacial score (nSPS) is 10.9. The van der Waals surface area contributed by atoms with Crippen LogP contribution >= 0.6 is 0 Å². The molecular weight excluding hydrogens is 380 g/mol. The van der Waals surface area contributed by atoms with Gasteiger partial charge in [0.25, 0.3) is 15.9 Å². The average molecular weight is 396 g/mol. The molecule has 0 saturated carbocycles. The van der Waals surface area contributed by atoms with Crippen LogP contribution in [-0.4, -0.2) is 25.4 Å². The second-order valence-corrected chi connectivity index (χ2v) is 7.52. The topological polar surface area (TPSA) is 113 Å². The molecule has 0 atom stereocenters. The minimum absolute atomic E-state index is 0.0289. The van der Waals surface area contributed by atoms with E-state index in [9.17, 15) is 18.0 Å². The zero-order valence-corrected chi connectivity index (χ0v) is 15.3. The molecule has 8 heteroatoms. The molecule has 3 aromatic rings. The summed E-state index contributed by atoms with van der Waals surface area (Å²) in [5.41, 5.74) is 0.848. The number of carboxylic acid groups (broad SMARTS) is 1. The molecule has 0 spiro atoms. The zero-order valence-electron chi connectivity index (χ0n) is 14.5. The summed E-state index contributed by atoms with van der Waals surface area (Å²) in [5.74, 6) is -1.67. The summed E-state index contributed by atoms with van der Waals surface area (Å²) in [4.78, 5) is 23.4. The third kappa shape index (κ3) is 4.54. The quantitative estimate of drug-likeness (QED) is 0.591. The van der Waals surface area contributed by atoms with E-state index in [1.165, 1.54) is 42.5 Å². The summed E-state index contributed by atoms with van der Waals surface area (Å²) in [6.45, 7) is 0. The maximum absolute atomic E-state index is 12.5. The van der Waals surface area contributed by atoms with Gasteiger partial charge in [0.1, 0.15) is 0 Å². The van der Waals surface area contributed by atoms with Crippen LogP contribution < -0.4 is 10.0 Å². The van der Waals surface area contributed by atoms with Gasteiger partial charge in [-0.05, 0) is 48.5 Å². The molecule has 0 fully saturated rings. The number of amides is 1. The number of sulfonamides is 1. The summed E-state index contributed by atoms with van der Waals surface area (Å²) < 4.78 is 27.5. The summed E-state index contributed by atoms with van der Waals surface area (Å²) in [6.07, 6.45) is 0. The first kappa shape index (κ1) is 19.1. The van der Waals surface area contributed by atoms with Crippen LogP contribution in [0.2, 0.25) is 0 Å². The number of hydrogen-bond donors (Lipinski definition) is 3. The van der Waals surface area contributed by atoms with Crippen LogP contribution in [0.5, 0.6) is 0 Å². The lowest BCUT2D eigenvalue weighted by Crippen LogP contribution is -2.16. The van der Waals surface area contributed by atoms with Crippen molar-refractivity contribution in [1.29, 1.82) is 0 Å². The molecule has 3 N–H and O–H groups in total. The van der Waals surface area contributed by atoms with Crippen LogP contribution in [-0.2, 0) is 10.0 Å². The highest BCUT2D eigenvalue weighted by Gasteiger charge is 2.17. The molecule has 0 unspecified atom stereocenters. The molecule has 28 heavy (non-hydrogen) atoms. The Hall–Kier alpha value is -3.65. The number of hydrogen-bond acceptors (Lipinski definition) is 4. The van der Waals surface area contributed by atoms with E-state index in [2.05, 4.69) is 10.0 Å². The third-order valence-electron chi connectivity index (χ3n) is 3.80. The Morgan fingerprint density at radius 2 is 1.39 bits per heavy atom. The van der Waals surface area contributed by atoms with Gasteiger partial charge in [0, 0.05) is 16.9 Å². The van der Waals surface area contributed by atoms with Gasteiger partial charge < -0.3 is 10.4 Å². The van der Waals surface area contributed by atoms with Gasteiger partial charge in [0.05, 0.1) is 10.5 Å². The molecule has 3 aromatic carbocycles. The maximum Gasteiger partial charge on any atom is 0.335 e. The van der Waals surface area contributed by atoms with Crippen molar-refractivity contribution in [3.8, 4) is 0 Å². The Kier molecular flexibility index (Phi) is 5.42. The van der Waals surface area contributed by atoms with Gasteiger partial charge in [-0.3, -0.25) is 9.52 Å². The lowest BCUT2D eigenvalue weighted by atomic mass is 10.2. The van der Waals surface area contributed by atoms with Gasteiger partial charge in [-0.15, -0.1) is 0 Å². The van der Waals surface area contributed by atoms with E-state index in [0.717, 1.165) is 0 Å². The Morgan fingerprint density at radius 1 is 0.750 bits per heavy atom. The van der Waals surface area contributed by atoms with Crippen LogP contribution in [0.3, 0.4) is 0 Å². The van der Waals surface area contributed by atoms with E-state index in [1.807, 2.05) is 0 Å². The Labute approximate surface area is 161 Å². The highest BCUT2D eigenvalue weighted by Crippen LogP contribution is 2.18. The number of nitrogens with one attached hydrogen (secondary N) is 2. The molecule has 0 aliphatic rings. The fraction of sp³-hybridized carbons (Fsp3) is 0. The van der Waals surface area contributed by atoms with Crippen LogP contribution in [0.25, 0.3) is 0 Å². The van der Waals surface area contributed by atoms with E-state index in [-0.39, 0.29) is 16.0 Å². The predicted octanol–water partition coefficient (Wildman–Crippen LogP) is 3.44. The van der Waals surface area contributed by atoms with Crippen molar-refractivity contribution in [2.24, 2.45) is 0 Å². The van der Waals surface area contributed by atoms with Gasteiger partial charge in [-0.1, -0.05) is 30.3 Å². The van der Waals surface area contributed by atoms with E-state index in [1.54, 1.807) is 36.4 Å². The van der Waals surface area contributed by atoms with Crippen molar-refractivity contribution >= 4 is 33.3 Å². The standard InChI is InChI=1S/C20H16N2O5S/c23-19(21-17-10-4-7-15(12-17)20(24)25)14-6-5-11-18(13-14)28(26,27)22-16-8-2-1-3-9-16/h1-13,22H,(H,21,23)(H,24,25). The monoisotopic (exact) mass is 396 g/mol. The highest BCUT2D eigenvalue weighted by molar-refractivity contribution is 7.92. The first-order valence-electron chi connectivity index (χ1n) is 8.18. The van der Waals surface area contributed by atoms with Crippen molar-refractivity contribution in [3.63, 3.8) is 0 Å². The zero-order chi connectivity index (χ0) is 20.1. The molecule has 7 nitrogen and oxygen atoms in total. The smallest absolute Gasteiger partial charge is 0.335 e. The van der Waals surface area contributed by atoms with E-state index < -0.39 is 21.9 Å². The van der Waals surface area contributed by atoms with Gasteiger partial charge >= 0.3 is 5.97 Å². The molecular formula is C20H16N2O5S. The number of rotatable bonds is 6. The van der Waals surface area contributed by atoms with Crippen molar-refractivity contribution in [3.05, 3.63) is 90.0 Å². The minimum atomic E-state index is -3.87. The lowest BCUT2D eigenvalue weighted by Gasteiger charge is -2.10. The van der Waals surface area contributed by atoms with E-state index in [4.69, 9.17) is 5.11 Å². The van der Waals surface area contributed by atoms with Gasteiger partial charge in [0.15, 0.2) is 0 Å². The summed E-state index contributed by atoms with van der Waals surface area (Å²) in [7, 11) is -3.87. The summed E-state index contributed by atoms with van der Waals surface area (Å²) in [6, 6.07) is 19.7. The molecule has 142 valence electrons. The molecule has 0 saturated heterocycles. The Balaban J connectivity index is 1.81. The Morgan fingerprint density at radius 3 is 2.11 bits per heavy atom. The second kappa shape index (κ2) is 7.93. The number of benzene rings is 3. The average Bonchev–Trinajstić information content (AvgIpc) is 2.68. The van der Waals surface area contributed by atoms with Crippen molar-refractivity contribution in [1.82, 2.24) is 0 Å².